The van der Waals surface area contributed by atoms with E-state index in [9.17, 15) is 4.79 Å². The first-order valence-electron chi connectivity index (χ1n) is 12.7. The molecular formula is C27H47NO2. The summed E-state index contributed by atoms with van der Waals surface area (Å²) in [4.78, 5) is 11.0. The number of carboxylic acid groups (broad SMARTS) is 1. The quantitative estimate of drug-likeness (QED) is 0.217. The second kappa shape index (κ2) is 18.4. The van der Waals surface area contributed by atoms with Crippen LogP contribution in [0.15, 0.2) is 24.3 Å². The smallest absolute Gasteiger partial charge is 0.320 e. The molecule has 0 amide bonds. The third-order valence-electron chi connectivity index (χ3n) is 6.18. The van der Waals surface area contributed by atoms with Crippen LogP contribution in [0.4, 0.5) is 0 Å². The number of aliphatic carboxylic acids is 1. The molecule has 0 saturated carbocycles. The highest BCUT2D eigenvalue weighted by atomic mass is 16.4. The molecule has 1 rings (SSSR count). The Balaban J connectivity index is 1.95. The number of hydrogen-bond donors (Lipinski definition) is 2. The molecule has 1 aromatic carbocycles. The van der Waals surface area contributed by atoms with Crippen LogP contribution in [0.3, 0.4) is 0 Å². The Hall–Kier alpha value is -1.35. The molecule has 1 unspecified atom stereocenters. The largest absolute Gasteiger partial charge is 0.480 e. The molecule has 0 saturated heterocycles. The van der Waals surface area contributed by atoms with Crippen LogP contribution in [-0.2, 0) is 17.6 Å². The Labute approximate surface area is 185 Å². The Morgan fingerprint density at radius 3 is 1.57 bits per heavy atom. The summed E-state index contributed by atoms with van der Waals surface area (Å²) in [6.45, 7) is 2.28. The predicted octanol–water partition coefficient (Wildman–Crippen LogP) is 7.45. The fraction of sp³-hybridized carbons (Fsp3) is 0.741. The number of carboxylic acids is 1. The molecule has 0 aromatic heterocycles. The molecule has 172 valence electrons. The van der Waals surface area contributed by atoms with Gasteiger partial charge >= 0.3 is 5.97 Å². The fourth-order valence-corrected chi connectivity index (χ4v) is 4.19. The molecule has 0 aliphatic heterocycles. The lowest BCUT2D eigenvalue weighted by Gasteiger charge is -2.12. The number of unbranched alkanes of at least 4 members (excludes halogenated alkanes) is 15. The fourth-order valence-electron chi connectivity index (χ4n) is 4.19. The first kappa shape index (κ1) is 26.7. The number of rotatable bonds is 20. The Morgan fingerprint density at radius 2 is 1.13 bits per heavy atom. The SMILES string of the molecule is CCCCCCCCCCCCCCCCCCc1ccccc1CC(N)C(=O)O. The first-order chi connectivity index (χ1) is 14.6. The van der Waals surface area contributed by atoms with E-state index in [1.165, 1.54) is 108 Å². The molecule has 0 aliphatic carbocycles. The number of aryl methyl sites for hydroxylation is 1. The molecule has 1 atom stereocenters. The van der Waals surface area contributed by atoms with Crippen molar-refractivity contribution in [2.45, 2.75) is 129 Å². The van der Waals surface area contributed by atoms with Gasteiger partial charge in [0, 0.05) is 0 Å². The minimum Gasteiger partial charge on any atom is -0.480 e. The van der Waals surface area contributed by atoms with Crippen molar-refractivity contribution in [3.05, 3.63) is 35.4 Å². The minimum atomic E-state index is -0.924. The Morgan fingerprint density at radius 1 is 0.733 bits per heavy atom. The van der Waals surface area contributed by atoms with E-state index < -0.39 is 12.0 Å². The van der Waals surface area contributed by atoms with Crippen LogP contribution in [0.2, 0.25) is 0 Å². The summed E-state index contributed by atoms with van der Waals surface area (Å²) in [5.74, 6) is -0.924. The molecule has 1 aromatic rings. The van der Waals surface area contributed by atoms with Gasteiger partial charge in [-0.15, -0.1) is 0 Å². The molecule has 0 heterocycles. The van der Waals surface area contributed by atoms with Crippen molar-refractivity contribution < 1.29 is 9.90 Å². The van der Waals surface area contributed by atoms with E-state index >= 15 is 0 Å². The van der Waals surface area contributed by atoms with Crippen molar-refractivity contribution in [2.24, 2.45) is 5.73 Å². The average molecular weight is 418 g/mol. The van der Waals surface area contributed by atoms with Gasteiger partial charge in [0.25, 0.3) is 0 Å². The molecule has 0 bridgehead atoms. The second-order valence-electron chi connectivity index (χ2n) is 8.97. The first-order valence-corrected chi connectivity index (χ1v) is 12.7. The number of nitrogens with two attached hydrogens (primary N) is 1. The van der Waals surface area contributed by atoms with Crippen molar-refractivity contribution in [3.8, 4) is 0 Å². The molecule has 0 fully saturated rings. The summed E-state index contributed by atoms with van der Waals surface area (Å²) in [5, 5.41) is 9.03. The van der Waals surface area contributed by atoms with Gasteiger partial charge in [0.1, 0.15) is 6.04 Å². The lowest BCUT2D eigenvalue weighted by atomic mass is 9.96. The van der Waals surface area contributed by atoms with Crippen LogP contribution in [-0.4, -0.2) is 17.1 Å². The standard InChI is InChI=1S/C27H47NO2/c1-2-3-4-5-6-7-8-9-10-11-12-13-14-15-16-17-20-24-21-18-19-22-25(24)23-26(28)27(29)30/h18-19,21-22,26H,2-17,20,23,28H2,1H3,(H,29,30). The van der Waals surface area contributed by atoms with E-state index in [-0.39, 0.29) is 0 Å². The van der Waals surface area contributed by atoms with Crippen LogP contribution in [0.5, 0.6) is 0 Å². The summed E-state index contributed by atoms with van der Waals surface area (Å²) in [6.07, 6.45) is 23.5. The summed E-state index contributed by atoms with van der Waals surface area (Å²) in [6, 6.07) is 7.34. The van der Waals surface area contributed by atoms with Crippen LogP contribution in [0.25, 0.3) is 0 Å². The Kier molecular flexibility index (Phi) is 16.4. The number of benzene rings is 1. The van der Waals surface area contributed by atoms with Gasteiger partial charge in [0.15, 0.2) is 0 Å². The normalized spacial score (nSPS) is 12.2. The average Bonchev–Trinajstić information content (AvgIpc) is 2.74. The highest BCUT2D eigenvalue weighted by Crippen LogP contribution is 2.17. The van der Waals surface area contributed by atoms with Crippen molar-refractivity contribution >= 4 is 5.97 Å². The van der Waals surface area contributed by atoms with E-state index in [2.05, 4.69) is 13.0 Å². The maximum Gasteiger partial charge on any atom is 0.320 e. The minimum absolute atomic E-state index is 0.421. The van der Waals surface area contributed by atoms with Gasteiger partial charge in [0.05, 0.1) is 0 Å². The van der Waals surface area contributed by atoms with Gasteiger partial charge in [-0.3, -0.25) is 4.79 Å². The maximum absolute atomic E-state index is 11.0. The Bertz CT molecular complexity index is 543. The summed E-state index contributed by atoms with van der Waals surface area (Å²) < 4.78 is 0. The van der Waals surface area contributed by atoms with E-state index in [1.807, 2.05) is 18.2 Å². The monoisotopic (exact) mass is 417 g/mol. The summed E-state index contributed by atoms with van der Waals surface area (Å²) >= 11 is 0. The van der Waals surface area contributed by atoms with Crippen LogP contribution < -0.4 is 5.73 Å². The zero-order chi connectivity index (χ0) is 21.9. The van der Waals surface area contributed by atoms with Gasteiger partial charge in [-0.05, 0) is 30.4 Å². The summed E-state index contributed by atoms with van der Waals surface area (Å²) in [5.41, 5.74) is 8.06. The molecule has 3 N–H and O–H groups in total. The highest BCUT2D eigenvalue weighted by Gasteiger charge is 2.13. The predicted molar refractivity (Wildman–Crippen MR) is 129 cm³/mol. The third-order valence-corrected chi connectivity index (χ3v) is 6.18. The zero-order valence-corrected chi connectivity index (χ0v) is 19.5. The van der Waals surface area contributed by atoms with E-state index in [1.54, 1.807) is 0 Å². The zero-order valence-electron chi connectivity index (χ0n) is 19.5. The molecule has 0 spiro atoms. The molecule has 3 heteroatoms. The van der Waals surface area contributed by atoms with Gasteiger partial charge in [-0.2, -0.15) is 0 Å². The van der Waals surface area contributed by atoms with Crippen LogP contribution >= 0.6 is 0 Å². The molecule has 0 aliphatic rings. The van der Waals surface area contributed by atoms with Crippen molar-refractivity contribution in [3.63, 3.8) is 0 Å². The molecule has 3 nitrogen and oxygen atoms in total. The van der Waals surface area contributed by atoms with Crippen molar-refractivity contribution in [1.82, 2.24) is 0 Å². The van der Waals surface area contributed by atoms with Gasteiger partial charge in [-0.25, -0.2) is 0 Å². The summed E-state index contributed by atoms with van der Waals surface area (Å²) in [7, 11) is 0. The van der Waals surface area contributed by atoms with E-state index in [0.717, 1.165) is 12.0 Å². The maximum atomic E-state index is 11.0. The molecule has 30 heavy (non-hydrogen) atoms. The van der Waals surface area contributed by atoms with Gasteiger partial charge in [-0.1, -0.05) is 128 Å². The topological polar surface area (TPSA) is 63.3 Å². The van der Waals surface area contributed by atoms with Gasteiger partial charge < -0.3 is 10.8 Å². The van der Waals surface area contributed by atoms with Gasteiger partial charge in [0.2, 0.25) is 0 Å². The highest BCUT2D eigenvalue weighted by molar-refractivity contribution is 5.73. The van der Waals surface area contributed by atoms with E-state index in [0.29, 0.717) is 6.42 Å². The molecule has 0 radical (unpaired) electrons. The van der Waals surface area contributed by atoms with Crippen LogP contribution in [0.1, 0.15) is 121 Å². The third kappa shape index (κ3) is 13.8. The molecular weight excluding hydrogens is 370 g/mol. The van der Waals surface area contributed by atoms with E-state index in [4.69, 9.17) is 10.8 Å². The van der Waals surface area contributed by atoms with Crippen molar-refractivity contribution in [2.75, 3.05) is 0 Å². The van der Waals surface area contributed by atoms with Crippen molar-refractivity contribution in [1.29, 1.82) is 0 Å². The van der Waals surface area contributed by atoms with Crippen LogP contribution in [0, 0.1) is 0 Å². The lowest BCUT2D eigenvalue weighted by molar-refractivity contribution is -0.138. The number of hydrogen-bond acceptors (Lipinski definition) is 2. The lowest BCUT2D eigenvalue weighted by Crippen LogP contribution is -2.32. The number of carbonyl (C=O) groups is 1. The second-order valence-corrected chi connectivity index (χ2v) is 8.97.